The van der Waals surface area contributed by atoms with Gasteiger partial charge in [-0.3, -0.25) is 0 Å². The first-order chi connectivity index (χ1) is 8.62. The van der Waals surface area contributed by atoms with Crippen LogP contribution in [0.4, 0.5) is 0 Å². The van der Waals surface area contributed by atoms with E-state index in [1.54, 1.807) is 0 Å². The average Bonchev–Trinajstić information content (AvgIpc) is 3.21. The second-order valence-electron chi connectivity index (χ2n) is 7.32. The Bertz CT molecular complexity index is 390. The first kappa shape index (κ1) is 18.2. The van der Waals surface area contributed by atoms with Crippen molar-refractivity contribution >= 4 is 0 Å². The molecule has 4 aliphatic carbocycles. The molecule has 0 aromatic rings. The molecule has 19 heavy (non-hydrogen) atoms. The van der Waals surface area contributed by atoms with Gasteiger partial charge in [0.2, 0.25) is 0 Å². The molecule has 0 heterocycles. The monoisotopic (exact) mass is 264 g/mol. The maximum atomic E-state index is 10.3. The van der Waals surface area contributed by atoms with Crippen LogP contribution in [0.15, 0.2) is 0 Å². The molecule has 0 aliphatic heterocycles. The van der Waals surface area contributed by atoms with Gasteiger partial charge in [0.15, 0.2) is 0 Å². The molecular formula is C15H20O4. The third-order valence-electron chi connectivity index (χ3n) is 5.16. The zero-order chi connectivity index (χ0) is 16.1. The van der Waals surface area contributed by atoms with E-state index in [-0.39, 0.29) is 5.60 Å². The number of hydrogen-bond acceptors (Lipinski definition) is 1. The Morgan fingerprint density at radius 1 is 0.737 bits per heavy atom. The van der Waals surface area contributed by atoms with E-state index in [4.69, 9.17) is 14.0 Å². The molecule has 2 unspecified atom stereocenters. The quantitative estimate of drug-likeness (QED) is 0.529. The van der Waals surface area contributed by atoms with Crippen molar-refractivity contribution in [2.75, 3.05) is 0 Å². The molecule has 4 fully saturated rings. The second-order valence-corrected chi connectivity index (χ2v) is 7.32. The summed E-state index contributed by atoms with van der Waals surface area (Å²) in [5.74, 6) is 0.646. The van der Waals surface area contributed by atoms with Crippen LogP contribution in [0.2, 0.25) is 0 Å². The first-order valence-electron chi connectivity index (χ1n) is 5.95. The summed E-state index contributed by atoms with van der Waals surface area (Å²) in [5, 5.41) is 10.3. The fourth-order valence-electron chi connectivity index (χ4n) is 4.97. The van der Waals surface area contributed by atoms with E-state index in [2.05, 4.69) is 61.5 Å². The molecule has 0 bridgehead atoms. The van der Waals surface area contributed by atoms with Crippen molar-refractivity contribution < 1.29 is 19.1 Å². The SMILES string of the molecule is CC(C)(C)C12C3C1(O)C32C(C)(C)C.[C-]#[O+].[C-]#[O+].[C-]#[O+]. The van der Waals surface area contributed by atoms with Gasteiger partial charge in [-0.05, 0) is 10.8 Å². The molecule has 0 aromatic carbocycles. The Kier molecular flexibility index (Phi) is 4.16. The van der Waals surface area contributed by atoms with E-state index < -0.39 is 0 Å². The number of hydrogen-bond donors (Lipinski definition) is 1. The average molecular weight is 264 g/mol. The Labute approximate surface area is 114 Å². The predicted octanol–water partition coefficient (Wildman–Crippen LogP) is 2.33. The molecule has 0 aromatic heterocycles. The predicted molar refractivity (Wildman–Crippen MR) is 64.0 cm³/mol. The van der Waals surface area contributed by atoms with Gasteiger partial charge in [-0.1, -0.05) is 41.5 Å². The Morgan fingerprint density at radius 3 is 0.947 bits per heavy atom. The minimum atomic E-state index is -0.240. The third kappa shape index (κ3) is 1.35. The van der Waals surface area contributed by atoms with Crippen LogP contribution in [0.5, 0.6) is 0 Å². The van der Waals surface area contributed by atoms with Gasteiger partial charge in [0.1, 0.15) is 0 Å². The van der Waals surface area contributed by atoms with E-state index >= 15 is 0 Å². The number of aliphatic hydroxyl groups is 1. The van der Waals surface area contributed by atoms with E-state index in [1.807, 2.05) is 0 Å². The van der Waals surface area contributed by atoms with Crippen LogP contribution >= 0.6 is 0 Å². The van der Waals surface area contributed by atoms with E-state index in [1.165, 1.54) is 0 Å². The molecule has 4 rings (SSSR count). The van der Waals surface area contributed by atoms with Crippen molar-refractivity contribution in [2.24, 2.45) is 27.6 Å². The molecule has 4 aliphatic rings. The summed E-state index contributed by atoms with van der Waals surface area (Å²) in [4.78, 5) is 0. The van der Waals surface area contributed by atoms with Gasteiger partial charge in [-0.2, -0.15) is 0 Å². The summed E-state index contributed by atoms with van der Waals surface area (Å²) in [7, 11) is 0. The van der Waals surface area contributed by atoms with Gasteiger partial charge in [-0.15, -0.1) is 0 Å². The van der Waals surface area contributed by atoms with Crippen LogP contribution < -0.4 is 0 Å². The molecule has 4 saturated carbocycles. The summed E-state index contributed by atoms with van der Waals surface area (Å²) in [6.45, 7) is 27.2. The zero-order valence-electron chi connectivity index (χ0n) is 12.2. The van der Waals surface area contributed by atoms with Crippen LogP contribution in [-0.2, 0) is 14.0 Å². The van der Waals surface area contributed by atoms with E-state index in [0.29, 0.717) is 27.6 Å². The molecule has 104 valence electrons. The molecule has 0 radical (unpaired) electrons. The van der Waals surface area contributed by atoms with Crippen LogP contribution in [-0.4, -0.2) is 10.7 Å². The van der Waals surface area contributed by atoms with Gasteiger partial charge in [0, 0.05) is 16.7 Å². The van der Waals surface area contributed by atoms with Gasteiger partial charge in [-0.25, -0.2) is 0 Å². The van der Waals surface area contributed by atoms with Gasteiger partial charge in [0.25, 0.3) is 0 Å². The standard InChI is InChI=1S/C12H20O.3CO/c1-8(2,3)10-7-11(10,9(4,5)6)12(7,10)13;3*1-2/h7,13H,1-6H3;;;. The van der Waals surface area contributed by atoms with E-state index in [0.717, 1.165) is 0 Å². The summed E-state index contributed by atoms with van der Waals surface area (Å²) in [5.41, 5.74) is 0.965. The summed E-state index contributed by atoms with van der Waals surface area (Å²) in [6, 6.07) is 0. The van der Waals surface area contributed by atoms with Crippen LogP contribution in [0.1, 0.15) is 41.5 Å². The molecule has 1 N–H and O–H groups in total. The molecule has 0 saturated heterocycles. The number of rotatable bonds is 0. The van der Waals surface area contributed by atoms with Crippen molar-refractivity contribution in [2.45, 2.75) is 47.1 Å². The first-order valence-corrected chi connectivity index (χ1v) is 5.95. The maximum absolute atomic E-state index is 10.3. The zero-order valence-corrected chi connectivity index (χ0v) is 12.2. The molecule has 0 amide bonds. The molecular weight excluding hydrogens is 244 g/mol. The Hall–Kier alpha value is -0.820. The minimum absolute atomic E-state index is 0.240. The molecule has 2 atom stereocenters. The normalized spacial score (nSPS) is 42.5. The van der Waals surface area contributed by atoms with Crippen molar-refractivity contribution in [1.82, 2.24) is 0 Å². The van der Waals surface area contributed by atoms with Crippen molar-refractivity contribution in [3.8, 4) is 0 Å². The van der Waals surface area contributed by atoms with E-state index in [9.17, 15) is 5.11 Å². The molecule has 4 heteroatoms. The van der Waals surface area contributed by atoms with Crippen molar-refractivity contribution in [3.05, 3.63) is 20.0 Å². The molecule has 0 spiro atoms. The second kappa shape index (κ2) is 4.34. The van der Waals surface area contributed by atoms with Gasteiger partial charge < -0.3 is 5.11 Å². The van der Waals surface area contributed by atoms with Crippen LogP contribution in [0.25, 0.3) is 0 Å². The summed E-state index contributed by atoms with van der Waals surface area (Å²) in [6.07, 6.45) is 0. The Morgan fingerprint density at radius 2 is 0.895 bits per heavy atom. The van der Waals surface area contributed by atoms with Crippen molar-refractivity contribution in [3.63, 3.8) is 0 Å². The fraction of sp³-hybridized carbons (Fsp3) is 0.800. The summed E-state index contributed by atoms with van der Waals surface area (Å²) < 4.78 is 22.5. The Balaban J connectivity index is 0.000000482. The third-order valence-corrected chi connectivity index (χ3v) is 5.16. The summed E-state index contributed by atoms with van der Waals surface area (Å²) >= 11 is 0. The van der Waals surface area contributed by atoms with Crippen LogP contribution in [0, 0.1) is 47.5 Å². The topological polar surface area (TPSA) is 79.9 Å². The van der Waals surface area contributed by atoms with Crippen LogP contribution in [0.3, 0.4) is 0 Å². The van der Waals surface area contributed by atoms with Gasteiger partial charge in [0.05, 0.1) is 5.60 Å². The molecule has 4 nitrogen and oxygen atoms in total. The van der Waals surface area contributed by atoms with Gasteiger partial charge >= 0.3 is 33.9 Å². The fourth-order valence-corrected chi connectivity index (χ4v) is 4.97. The van der Waals surface area contributed by atoms with Crippen molar-refractivity contribution in [1.29, 1.82) is 0 Å².